The van der Waals surface area contributed by atoms with E-state index in [0.717, 1.165) is 22.3 Å². The van der Waals surface area contributed by atoms with Crippen molar-refractivity contribution < 1.29 is 9.18 Å². The highest BCUT2D eigenvalue weighted by Crippen LogP contribution is 2.29. The maximum atomic E-state index is 13.3. The number of anilines is 1. The number of aromatic nitrogens is 2. The molecule has 4 aromatic rings. The van der Waals surface area contributed by atoms with Crippen LogP contribution in [0, 0.1) is 5.82 Å². The van der Waals surface area contributed by atoms with Crippen molar-refractivity contribution in [3.05, 3.63) is 83.3 Å². The van der Waals surface area contributed by atoms with Crippen LogP contribution in [0.25, 0.3) is 22.3 Å². The van der Waals surface area contributed by atoms with Gasteiger partial charge in [0.2, 0.25) is 0 Å². The van der Waals surface area contributed by atoms with Crippen LogP contribution in [0.3, 0.4) is 0 Å². The van der Waals surface area contributed by atoms with Gasteiger partial charge in [0.15, 0.2) is 0 Å². The van der Waals surface area contributed by atoms with Crippen molar-refractivity contribution in [2.24, 2.45) is 0 Å². The third kappa shape index (κ3) is 3.37. The molecule has 0 saturated carbocycles. The molecule has 6 heteroatoms. The van der Waals surface area contributed by atoms with Gasteiger partial charge in [-0.15, -0.1) is 0 Å². The second kappa shape index (κ2) is 7.44. The number of nitrogens with one attached hydrogen (secondary N) is 1. The monoisotopic (exact) mass is 393 g/mol. The Bertz CT molecular complexity index is 1170. The topological polar surface area (TPSA) is 46.9 Å². The molecule has 0 unspecified atom stereocenters. The Morgan fingerprint density at radius 1 is 1.14 bits per heavy atom. The van der Waals surface area contributed by atoms with Gasteiger partial charge in [0, 0.05) is 11.9 Å². The number of rotatable bonds is 4. The fraction of sp³-hybridized carbons (Fsp3) is 0.0909. The van der Waals surface area contributed by atoms with E-state index in [1.165, 1.54) is 12.1 Å². The Morgan fingerprint density at radius 3 is 2.61 bits per heavy atom. The quantitative estimate of drug-likeness (QED) is 0.478. The summed E-state index contributed by atoms with van der Waals surface area (Å²) in [6.45, 7) is 2.75. The predicted molar refractivity (Wildman–Crippen MR) is 110 cm³/mol. The molecular formula is C22H17ClFN3O. The number of aryl methyl sites for hydroxylation is 1. The average molecular weight is 394 g/mol. The molecular weight excluding hydrogens is 377 g/mol. The summed E-state index contributed by atoms with van der Waals surface area (Å²) in [5.74, 6) is -0.564. The van der Waals surface area contributed by atoms with Crippen LogP contribution in [0.5, 0.6) is 0 Å². The lowest BCUT2D eigenvalue weighted by Crippen LogP contribution is -2.12. The third-order valence-electron chi connectivity index (χ3n) is 4.57. The first-order valence-electron chi connectivity index (χ1n) is 8.88. The molecule has 0 radical (unpaired) electrons. The van der Waals surface area contributed by atoms with Gasteiger partial charge in [0.25, 0.3) is 5.91 Å². The fourth-order valence-corrected chi connectivity index (χ4v) is 3.46. The third-order valence-corrected chi connectivity index (χ3v) is 4.90. The van der Waals surface area contributed by atoms with Crippen molar-refractivity contribution in [2.45, 2.75) is 13.5 Å². The van der Waals surface area contributed by atoms with Crippen molar-refractivity contribution in [3.8, 4) is 11.3 Å². The zero-order valence-corrected chi connectivity index (χ0v) is 15.9. The van der Waals surface area contributed by atoms with Gasteiger partial charge < -0.3 is 9.88 Å². The Morgan fingerprint density at radius 2 is 1.89 bits per heavy atom. The van der Waals surface area contributed by atoms with Gasteiger partial charge in [0.1, 0.15) is 11.5 Å². The van der Waals surface area contributed by atoms with E-state index in [4.69, 9.17) is 11.6 Å². The van der Waals surface area contributed by atoms with Crippen LogP contribution in [0.1, 0.15) is 17.3 Å². The van der Waals surface area contributed by atoms with Gasteiger partial charge in [-0.25, -0.2) is 9.37 Å². The Hall–Kier alpha value is -3.18. The van der Waals surface area contributed by atoms with Gasteiger partial charge in [-0.3, -0.25) is 4.79 Å². The lowest BCUT2D eigenvalue weighted by atomic mass is 10.1. The largest absolute Gasteiger partial charge is 0.326 e. The molecule has 0 aliphatic rings. The first-order chi connectivity index (χ1) is 13.6. The normalized spacial score (nSPS) is 11.0. The van der Waals surface area contributed by atoms with Crippen LogP contribution >= 0.6 is 11.6 Å². The molecule has 140 valence electrons. The second-order valence-corrected chi connectivity index (χ2v) is 6.76. The summed E-state index contributed by atoms with van der Waals surface area (Å²) in [4.78, 5) is 17.0. The standard InChI is InChI=1S/C22H17ClFN3O/c1-2-27-20(14-7-9-16(24)10-8-14)12-15-11-17(13-25-21(15)27)26-22(28)18-5-3-4-6-19(18)23/h3-13H,2H2,1H3,(H,26,28). The second-order valence-electron chi connectivity index (χ2n) is 6.35. The smallest absolute Gasteiger partial charge is 0.257 e. The van der Waals surface area contributed by atoms with E-state index in [1.54, 1.807) is 42.6 Å². The molecule has 2 aromatic carbocycles. The number of halogens is 2. The van der Waals surface area contributed by atoms with Crippen molar-refractivity contribution in [3.63, 3.8) is 0 Å². The van der Waals surface area contributed by atoms with Gasteiger partial charge in [-0.2, -0.15) is 0 Å². The number of amides is 1. The highest BCUT2D eigenvalue weighted by atomic mass is 35.5. The van der Waals surface area contributed by atoms with Crippen LogP contribution in [0.2, 0.25) is 5.02 Å². The number of carbonyl (C=O) groups is 1. The zero-order valence-electron chi connectivity index (χ0n) is 15.1. The van der Waals surface area contributed by atoms with E-state index in [9.17, 15) is 9.18 Å². The summed E-state index contributed by atoms with van der Waals surface area (Å²) in [7, 11) is 0. The summed E-state index contributed by atoms with van der Waals surface area (Å²) in [5.41, 5.74) is 3.64. The van der Waals surface area contributed by atoms with Crippen LogP contribution in [0.15, 0.2) is 66.9 Å². The number of hydrogen-bond acceptors (Lipinski definition) is 2. The molecule has 0 spiro atoms. The number of nitrogens with zero attached hydrogens (tertiary/aromatic N) is 2. The molecule has 1 N–H and O–H groups in total. The molecule has 2 heterocycles. The summed E-state index contributed by atoms with van der Waals surface area (Å²) in [6.07, 6.45) is 1.62. The van der Waals surface area contributed by atoms with E-state index in [0.29, 0.717) is 22.8 Å². The van der Waals surface area contributed by atoms with E-state index < -0.39 is 0 Å². The molecule has 28 heavy (non-hydrogen) atoms. The average Bonchev–Trinajstić information content (AvgIpc) is 3.06. The Kier molecular flexibility index (Phi) is 4.84. The Labute approximate surface area is 166 Å². The van der Waals surface area contributed by atoms with Crippen LogP contribution in [-0.2, 0) is 6.54 Å². The molecule has 2 aromatic heterocycles. The minimum atomic E-state index is -0.291. The van der Waals surface area contributed by atoms with Gasteiger partial charge >= 0.3 is 0 Å². The van der Waals surface area contributed by atoms with E-state index in [-0.39, 0.29) is 11.7 Å². The number of fused-ring (bicyclic) bond motifs is 1. The van der Waals surface area contributed by atoms with Crippen molar-refractivity contribution >= 4 is 34.2 Å². The minimum Gasteiger partial charge on any atom is -0.326 e. The van der Waals surface area contributed by atoms with E-state index >= 15 is 0 Å². The SMILES string of the molecule is CCn1c(-c2ccc(F)cc2)cc2cc(NC(=O)c3ccccc3Cl)cnc21. The summed E-state index contributed by atoms with van der Waals surface area (Å²) >= 11 is 6.10. The molecule has 0 bridgehead atoms. The number of pyridine rings is 1. The maximum absolute atomic E-state index is 13.3. The highest BCUT2D eigenvalue weighted by Gasteiger charge is 2.14. The number of benzene rings is 2. The van der Waals surface area contributed by atoms with E-state index in [2.05, 4.69) is 14.9 Å². The predicted octanol–water partition coefficient (Wildman–Crippen LogP) is 5.77. The molecule has 0 aliphatic carbocycles. The fourth-order valence-electron chi connectivity index (χ4n) is 3.24. The minimum absolute atomic E-state index is 0.273. The van der Waals surface area contributed by atoms with Crippen molar-refractivity contribution in [1.29, 1.82) is 0 Å². The molecule has 4 nitrogen and oxygen atoms in total. The molecule has 0 aliphatic heterocycles. The van der Waals surface area contributed by atoms with Gasteiger partial charge in [-0.1, -0.05) is 23.7 Å². The van der Waals surface area contributed by atoms with E-state index in [1.807, 2.05) is 19.1 Å². The zero-order chi connectivity index (χ0) is 19.7. The lowest BCUT2D eigenvalue weighted by Gasteiger charge is -2.08. The summed E-state index contributed by atoms with van der Waals surface area (Å²) in [5, 5.41) is 4.12. The first kappa shape index (κ1) is 18.2. The van der Waals surface area contributed by atoms with Crippen molar-refractivity contribution in [1.82, 2.24) is 9.55 Å². The number of hydrogen-bond donors (Lipinski definition) is 1. The molecule has 0 saturated heterocycles. The maximum Gasteiger partial charge on any atom is 0.257 e. The highest BCUT2D eigenvalue weighted by molar-refractivity contribution is 6.34. The molecule has 1 amide bonds. The molecule has 0 fully saturated rings. The lowest BCUT2D eigenvalue weighted by molar-refractivity contribution is 0.102. The molecule has 0 atom stereocenters. The Balaban J connectivity index is 1.70. The first-order valence-corrected chi connectivity index (χ1v) is 9.25. The van der Waals surface area contributed by atoms with Crippen LogP contribution < -0.4 is 5.32 Å². The van der Waals surface area contributed by atoms with Crippen LogP contribution in [-0.4, -0.2) is 15.5 Å². The van der Waals surface area contributed by atoms with Crippen molar-refractivity contribution in [2.75, 3.05) is 5.32 Å². The van der Waals surface area contributed by atoms with Gasteiger partial charge in [0.05, 0.1) is 28.2 Å². The number of carbonyl (C=O) groups excluding carboxylic acids is 1. The molecule has 4 rings (SSSR count). The summed E-state index contributed by atoms with van der Waals surface area (Å²) in [6, 6.07) is 17.1. The van der Waals surface area contributed by atoms with Gasteiger partial charge in [-0.05, 0) is 61.0 Å². The summed E-state index contributed by atoms with van der Waals surface area (Å²) < 4.78 is 15.3. The van der Waals surface area contributed by atoms with Crippen LogP contribution in [0.4, 0.5) is 10.1 Å².